The molecule has 0 atom stereocenters. The van der Waals surface area contributed by atoms with Gasteiger partial charge in [-0.05, 0) is 18.3 Å². The molecule has 0 aromatic carbocycles. The molecule has 1 rings (SSSR count). The number of nitrogens with one attached hydrogen (secondary N) is 2. The van der Waals surface area contributed by atoms with Crippen LogP contribution < -0.4 is 10.6 Å². The lowest BCUT2D eigenvalue weighted by Crippen LogP contribution is -2.32. The average molecular weight is 282 g/mol. The zero-order chi connectivity index (χ0) is 15.2. The number of hydrogen-bond acceptors (Lipinski definition) is 3. The molecule has 0 bridgehead atoms. The van der Waals surface area contributed by atoms with Gasteiger partial charge in [0.2, 0.25) is 0 Å². The van der Waals surface area contributed by atoms with Gasteiger partial charge in [-0.15, -0.1) is 0 Å². The first-order valence-electron chi connectivity index (χ1n) is 6.55. The van der Waals surface area contributed by atoms with E-state index in [0.717, 1.165) is 6.42 Å². The van der Waals surface area contributed by atoms with Gasteiger partial charge in [-0.1, -0.05) is 13.8 Å². The van der Waals surface area contributed by atoms with E-state index in [1.54, 1.807) is 24.0 Å². The standard InChI is InChI=1S/C13H22N4O3/c1-13(2,6-4-11(18)19)7-8-14-12(20)15-10-5-9-17(3)16-10/h5,9H,4,6-8H2,1-3H3,(H,18,19)(H2,14,15,16,20). The quantitative estimate of drug-likeness (QED) is 0.710. The molecule has 0 radical (unpaired) electrons. The fraction of sp³-hybridized carbons (Fsp3) is 0.615. The van der Waals surface area contributed by atoms with Crippen LogP contribution in [0.5, 0.6) is 0 Å². The van der Waals surface area contributed by atoms with Crippen molar-refractivity contribution in [3.05, 3.63) is 12.3 Å². The van der Waals surface area contributed by atoms with Gasteiger partial charge in [0, 0.05) is 32.3 Å². The Morgan fingerprint density at radius 1 is 1.40 bits per heavy atom. The molecule has 112 valence electrons. The van der Waals surface area contributed by atoms with E-state index in [4.69, 9.17) is 5.11 Å². The lowest BCUT2D eigenvalue weighted by molar-refractivity contribution is -0.137. The Balaban J connectivity index is 2.25. The second-order valence-corrected chi connectivity index (χ2v) is 5.56. The predicted octanol–water partition coefficient (Wildman–Crippen LogP) is 1.82. The number of urea groups is 1. The number of hydrogen-bond donors (Lipinski definition) is 3. The summed E-state index contributed by atoms with van der Waals surface area (Å²) in [6.45, 7) is 4.48. The van der Waals surface area contributed by atoms with E-state index in [1.807, 2.05) is 13.8 Å². The van der Waals surface area contributed by atoms with Gasteiger partial charge in [-0.3, -0.25) is 14.8 Å². The number of rotatable bonds is 7. The number of aryl methyl sites for hydroxylation is 1. The van der Waals surface area contributed by atoms with Crippen LogP contribution in [0.2, 0.25) is 0 Å². The molecule has 1 aromatic rings. The van der Waals surface area contributed by atoms with E-state index in [-0.39, 0.29) is 17.9 Å². The zero-order valence-corrected chi connectivity index (χ0v) is 12.1. The second-order valence-electron chi connectivity index (χ2n) is 5.56. The Labute approximate surface area is 118 Å². The maximum Gasteiger partial charge on any atom is 0.320 e. The summed E-state index contributed by atoms with van der Waals surface area (Å²) >= 11 is 0. The topological polar surface area (TPSA) is 96.2 Å². The molecule has 2 amide bonds. The molecule has 0 aliphatic carbocycles. The van der Waals surface area contributed by atoms with Gasteiger partial charge >= 0.3 is 12.0 Å². The van der Waals surface area contributed by atoms with Crippen LogP contribution in [0.1, 0.15) is 33.1 Å². The van der Waals surface area contributed by atoms with Crippen molar-refractivity contribution < 1.29 is 14.7 Å². The summed E-state index contributed by atoms with van der Waals surface area (Å²) in [6.07, 6.45) is 3.19. The average Bonchev–Trinajstić information content (AvgIpc) is 2.72. The smallest absolute Gasteiger partial charge is 0.320 e. The van der Waals surface area contributed by atoms with Crippen LogP contribution in [0.15, 0.2) is 12.3 Å². The maximum atomic E-state index is 11.6. The number of carboxylic acids is 1. The highest BCUT2D eigenvalue weighted by Crippen LogP contribution is 2.25. The molecule has 3 N–H and O–H groups in total. The van der Waals surface area contributed by atoms with Crippen LogP contribution in [-0.2, 0) is 11.8 Å². The summed E-state index contributed by atoms with van der Waals surface area (Å²) in [5, 5.41) is 18.1. The van der Waals surface area contributed by atoms with Crippen molar-refractivity contribution in [2.75, 3.05) is 11.9 Å². The van der Waals surface area contributed by atoms with Crippen molar-refractivity contribution >= 4 is 17.8 Å². The molecule has 7 heteroatoms. The summed E-state index contributed by atoms with van der Waals surface area (Å²) in [4.78, 5) is 22.2. The molecule has 0 aliphatic rings. The van der Waals surface area contributed by atoms with Gasteiger partial charge in [0.25, 0.3) is 0 Å². The minimum Gasteiger partial charge on any atom is -0.481 e. The van der Waals surface area contributed by atoms with Crippen LogP contribution in [0.25, 0.3) is 0 Å². The van der Waals surface area contributed by atoms with Gasteiger partial charge in [-0.25, -0.2) is 4.79 Å². The summed E-state index contributed by atoms with van der Waals surface area (Å²) < 4.78 is 1.60. The van der Waals surface area contributed by atoms with Gasteiger partial charge < -0.3 is 10.4 Å². The Morgan fingerprint density at radius 2 is 2.10 bits per heavy atom. The van der Waals surface area contributed by atoms with Gasteiger partial charge in [-0.2, -0.15) is 5.10 Å². The lowest BCUT2D eigenvalue weighted by atomic mass is 9.84. The van der Waals surface area contributed by atoms with Crippen molar-refractivity contribution in [2.45, 2.75) is 33.1 Å². The minimum absolute atomic E-state index is 0.114. The number of carboxylic acid groups (broad SMARTS) is 1. The third-order valence-corrected chi connectivity index (χ3v) is 3.06. The number of amides is 2. The van der Waals surface area contributed by atoms with Crippen LogP contribution in [0.4, 0.5) is 10.6 Å². The predicted molar refractivity (Wildman–Crippen MR) is 75.5 cm³/mol. The van der Waals surface area contributed by atoms with E-state index in [1.165, 1.54) is 0 Å². The fourth-order valence-corrected chi connectivity index (χ4v) is 1.73. The molecular weight excluding hydrogens is 260 g/mol. The van der Waals surface area contributed by atoms with Crippen LogP contribution >= 0.6 is 0 Å². The number of carbonyl (C=O) groups is 2. The van der Waals surface area contributed by atoms with E-state index in [2.05, 4.69) is 15.7 Å². The molecule has 7 nitrogen and oxygen atoms in total. The minimum atomic E-state index is -0.793. The van der Waals surface area contributed by atoms with E-state index in [0.29, 0.717) is 18.8 Å². The lowest BCUT2D eigenvalue weighted by Gasteiger charge is -2.23. The number of nitrogens with zero attached hydrogens (tertiary/aromatic N) is 2. The maximum absolute atomic E-state index is 11.6. The first kappa shape index (κ1) is 16.0. The van der Waals surface area contributed by atoms with E-state index >= 15 is 0 Å². The third-order valence-electron chi connectivity index (χ3n) is 3.06. The molecule has 0 unspecified atom stereocenters. The summed E-state index contributed by atoms with van der Waals surface area (Å²) in [5.74, 6) is -0.297. The summed E-state index contributed by atoms with van der Waals surface area (Å²) in [5.41, 5.74) is -0.114. The van der Waals surface area contributed by atoms with Crippen LogP contribution in [0, 0.1) is 5.41 Å². The second kappa shape index (κ2) is 6.93. The molecule has 0 fully saturated rings. The first-order valence-corrected chi connectivity index (χ1v) is 6.55. The van der Waals surface area contributed by atoms with Crippen LogP contribution in [-0.4, -0.2) is 33.4 Å². The molecule has 1 aromatic heterocycles. The number of aliphatic carboxylic acids is 1. The Hall–Kier alpha value is -2.05. The highest BCUT2D eigenvalue weighted by molar-refractivity contribution is 5.88. The Morgan fingerprint density at radius 3 is 2.65 bits per heavy atom. The molecule has 1 heterocycles. The number of aromatic nitrogens is 2. The first-order chi connectivity index (χ1) is 9.28. The Bertz CT molecular complexity index is 468. The van der Waals surface area contributed by atoms with Gasteiger partial charge in [0.1, 0.15) is 0 Å². The fourth-order valence-electron chi connectivity index (χ4n) is 1.73. The molecule has 0 aliphatic heterocycles. The van der Waals surface area contributed by atoms with Gasteiger partial charge in [0.05, 0.1) is 0 Å². The molecular formula is C13H22N4O3. The molecule has 0 saturated heterocycles. The summed E-state index contributed by atoms with van der Waals surface area (Å²) in [7, 11) is 1.77. The van der Waals surface area contributed by atoms with Crippen LogP contribution in [0.3, 0.4) is 0 Å². The Kier molecular flexibility index (Phi) is 5.54. The number of carbonyl (C=O) groups excluding carboxylic acids is 1. The van der Waals surface area contributed by atoms with Gasteiger partial charge in [0.15, 0.2) is 5.82 Å². The van der Waals surface area contributed by atoms with Crippen molar-refractivity contribution in [3.8, 4) is 0 Å². The monoisotopic (exact) mass is 282 g/mol. The third kappa shape index (κ3) is 6.21. The van der Waals surface area contributed by atoms with E-state index in [9.17, 15) is 9.59 Å². The normalized spacial score (nSPS) is 11.2. The van der Waals surface area contributed by atoms with Crippen molar-refractivity contribution in [1.82, 2.24) is 15.1 Å². The molecule has 0 saturated carbocycles. The largest absolute Gasteiger partial charge is 0.481 e. The number of anilines is 1. The SMILES string of the molecule is Cn1ccc(NC(=O)NCCC(C)(C)CCC(=O)O)n1. The zero-order valence-electron chi connectivity index (χ0n) is 12.1. The highest BCUT2D eigenvalue weighted by Gasteiger charge is 2.19. The van der Waals surface area contributed by atoms with Crippen molar-refractivity contribution in [1.29, 1.82) is 0 Å². The van der Waals surface area contributed by atoms with Crippen molar-refractivity contribution in [2.24, 2.45) is 12.5 Å². The summed E-state index contributed by atoms with van der Waals surface area (Å²) in [6, 6.07) is 1.40. The highest BCUT2D eigenvalue weighted by atomic mass is 16.4. The molecule has 0 spiro atoms. The molecule has 20 heavy (non-hydrogen) atoms. The van der Waals surface area contributed by atoms with E-state index < -0.39 is 5.97 Å². The van der Waals surface area contributed by atoms with Crippen molar-refractivity contribution in [3.63, 3.8) is 0 Å².